The second-order valence-corrected chi connectivity index (χ2v) is 5.57. The summed E-state index contributed by atoms with van der Waals surface area (Å²) < 4.78 is 0. The number of hydrogen-bond donors (Lipinski definition) is 2. The van der Waals surface area contributed by atoms with Crippen molar-refractivity contribution in [2.45, 2.75) is 51.1 Å². The van der Waals surface area contributed by atoms with E-state index < -0.39 is 6.04 Å². The van der Waals surface area contributed by atoms with E-state index in [1.54, 1.807) is 0 Å². The molecule has 1 aliphatic rings. The minimum absolute atomic E-state index is 0.111. The van der Waals surface area contributed by atoms with Gasteiger partial charge >= 0.3 is 0 Å². The van der Waals surface area contributed by atoms with E-state index in [1.807, 2.05) is 25.1 Å². The summed E-state index contributed by atoms with van der Waals surface area (Å²) in [6, 6.07) is 8.09. The first-order valence-corrected chi connectivity index (χ1v) is 7.51. The number of rotatable bonds is 5. The lowest BCUT2D eigenvalue weighted by Crippen LogP contribution is -2.36. The molecule has 0 heterocycles. The van der Waals surface area contributed by atoms with Crippen molar-refractivity contribution in [1.82, 2.24) is 0 Å². The predicted molar refractivity (Wildman–Crippen MR) is 84.0 cm³/mol. The van der Waals surface area contributed by atoms with Gasteiger partial charge in [0.2, 0.25) is 5.91 Å². The van der Waals surface area contributed by atoms with Crippen LogP contribution in [0.2, 0.25) is 0 Å². The van der Waals surface area contributed by atoms with Gasteiger partial charge in [-0.3, -0.25) is 4.79 Å². The Labute approximate surface area is 121 Å². The van der Waals surface area contributed by atoms with Crippen LogP contribution in [0.3, 0.4) is 0 Å². The van der Waals surface area contributed by atoms with E-state index in [4.69, 9.17) is 5.73 Å². The van der Waals surface area contributed by atoms with Crippen LogP contribution in [0.15, 0.2) is 24.3 Å². The Balaban J connectivity index is 2.15. The van der Waals surface area contributed by atoms with Gasteiger partial charge in [0.15, 0.2) is 0 Å². The topological polar surface area (TPSA) is 58.4 Å². The maximum Gasteiger partial charge on any atom is 0.241 e. The summed E-state index contributed by atoms with van der Waals surface area (Å²) in [5, 5.41) is 2.96. The van der Waals surface area contributed by atoms with Gasteiger partial charge in [0.1, 0.15) is 0 Å². The van der Waals surface area contributed by atoms with E-state index in [1.165, 1.54) is 25.7 Å². The largest absolute Gasteiger partial charge is 0.370 e. The van der Waals surface area contributed by atoms with Gasteiger partial charge in [-0.05, 0) is 31.4 Å². The predicted octanol–water partition coefficient (Wildman–Crippen LogP) is 2.74. The quantitative estimate of drug-likeness (QED) is 0.868. The van der Waals surface area contributed by atoms with Gasteiger partial charge in [-0.15, -0.1) is 0 Å². The van der Waals surface area contributed by atoms with Gasteiger partial charge in [0.05, 0.1) is 17.4 Å². The van der Waals surface area contributed by atoms with E-state index in [9.17, 15) is 4.79 Å². The smallest absolute Gasteiger partial charge is 0.241 e. The SMILES string of the molecule is CC[C@H](N)C(=O)Nc1ccccc1N(C)C1CCCC1. The highest BCUT2D eigenvalue weighted by Crippen LogP contribution is 2.31. The van der Waals surface area contributed by atoms with Crippen LogP contribution in [0.25, 0.3) is 0 Å². The van der Waals surface area contributed by atoms with Crippen LogP contribution in [-0.4, -0.2) is 25.0 Å². The molecule has 1 amide bonds. The second-order valence-electron chi connectivity index (χ2n) is 5.57. The van der Waals surface area contributed by atoms with E-state index in [0.29, 0.717) is 12.5 Å². The number of benzene rings is 1. The molecule has 1 aromatic rings. The third-order valence-electron chi connectivity index (χ3n) is 4.19. The van der Waals surface area contributed by atoms with Crippen LogP contribution < -0.4 is 16.0 Å². The monoisotopic (exact) mass is 275 g/mol. The molecule has 1 fully saturated rings. The molecular weight excluding hydrogens is 250 g/mol. The fraction of sp³-hybridized carbons (Fsp3) is 0.562. The molecular formula is C16H25N3O. The third-order valence-corrected chi connectivity index (χ3v) is 4.19. The molecule has 1 saturated carbocycles. The highest BCUT2D eigenvalue weighted by Gasteiger charge is 2.22. The van der Waals surface area contributed by atoms with Crippen LogP contribution in [0.1, 0.15) is 39.0 Å². The lowest BCUT2D eigenvalue weighted by molar-refractivity contribution is -0.117. The molecule has 1 aromatic carbocycles. The van der Waals surface area contributed by atoms with E-state index in [-0.39, 0.29) is 5.91 Å². The number of carbonyl (C=O) groups excluding carboxylic acids is 1. The first kappa shape index (κ1) is 14.9. The van der Waals surface area contributed by atoms with Gasteiger partial charge in [-0.25, -0.2) is 0 Å². The van der Waals surface area contributed by atoms with Crippen molar-refractivity contribution in [3.05, 3.63) is 24.3 Å². The van der Waals surface area contributed by atoms with Crippen LogP contribution >= 0.6 is 0 Å². The zero-order valence-corrected chi connectivity index (χ0v) is 12.4. The standard InChI is InChI=1S/C16H25N3O/c1-3-13(17)16(20)18-14-10-6-7-11-15(14)19(2)12-8-4-5-9-12/h6-7,10-13H,3-5,8-9,17H2,1-2H3,(H,18,20)/t13-/m0/s1. The number of hydrogen-bond acceptors (Lipinski definition) is 3. The van der Waals surface area contributed by atoms with Gasteiger partial charge in [-0.1, -0.05) is 31.9 Å². The van der Waals surface area contributed by atoms with Crippen LogP contribution in [0, 0.1) is 0 Å². The number of anilines is 2. The maximum absolute atomic E-state index is 12.0. The van der Waals surface area contributed by atoms with E-state index in [0.717, 1.165) is 11.4 Å². The zero-order valence-electron chi connectivity index (χ0n) is 12.4. The summed E-state index contributed by atoms with van der Waals surface area (Å²) in [5.74, 6) is -0.111. The first-order chi connectivity index (χ1) is 9.63. The highest BCUT2D eigenvalue weighted by molar-refractivity contribution is 5.97. The first-order valence-electron chi connectivity index (χ1n) is 7.51. The summed E-state index contributed by atoms with van der Waals surface area (Å²) in [6.45, 7) is 1.92. The van der Waals surface area contributed by atoms with Crippen molar-refractivity contribution >= 4 is 17.3 Å². The number of nitrogens with zero attached hydrogens (tertiary/aromatic N) is 1. The molecule has 110 valence electrons. The molecule has 1 atom stereocenters. The number of carbonyl (C=O) groups is 1. The van der Waals surface area contributed by atoms with Gasteiger partial charge in [0, 0.05) is 13.1 Å². The molecule has 4 heteroatoms. The van der Waals surface area contributed by atoms with Gasteiger partial charge < -0.3 is 16.0 Å². The second kappa shape index (κ2) is 6.75. The average Bonchev–Trinajstić information content (AvgIpc) is 3.00. The summed E-state index contributed by atoms with van der Waals surface area (Å²) in [7, 11) is 2.11. The van der Waals surface area contributed by atoms with Crippen molar-refractivity contribution in [2.75, 3.05) is 17.3 Å². The Morgan fingerprint density at radius 2 is 2.05 bits per heavy atom. The fourth-order valence-corrected chi connectivity index (χ4v) is 2.79. The molecule has 0 aromatic heterocycles. The van der Waals surface area contributed by atoms with Crippen LogP contribution in [0.5, 0.6) is 0 Å². The van der Waals surface area contributed by atoms with Crippen molar-refractivity contribution in [2.24, 2.45) is 5.73 Å². The summed E-state index contributed by atoms with van der Waals surface area (Å²) in [6.07, 6.45) is 5.70. The summed E-state index contributed by atoms with van der Waals surface area (Å²) in [5.41, 5.74) is 7.72. The number of para-hydroxylation sites is 2. The average molecular weight is 275 g/mol. The molecule has 1 aliphatic carbocycles. The van der Waals surface area contributed by atoms with Crippen molar-refractivity contribution in [1.29, 1.82) is 0 Å². The Hall–Kier alpha value is -1.55. The van der Waals surface area contributed by atoms with Crippen molar-refractivity contribution in [3.8, 4) is 0 Å². The molecule has 0 unspecified atom stereocenters. The zero-order chi connectivity index (χ0) is 14.5. The van der Waals surface area contributed by atoms with Crippen molar-refractivity contribution in [3.63, 3.8) is 0 Å². The lowest BCUT2D eigenvalue weighted by atomic mass is 10.1. The van der Waals surface area contributed by atoms with Crippen molar-refractivity contribution < 1.29 is 4.79 Å². The molecule has 0 saturated heterocycles. The van der Waals surface area contributed by atoms with Crippen LogP contribution in [-0.2, 0) is 4.79 Å². The molecule has 2 rings (SSSR count). The molecule has 4 nitrogen and oxygen atoms in total. The molecule has 3 N–H and O–H groups in total. The van der Waals surface area contributed by atoms with E-state index >= 15 is 0 Å². The number of nitrogens with two attached hydrogens (primary N) is 1. The highest BCUT2D eigenvalue weighted by atomic mass is 16.2. The van der Waals surface area contributed by atoms with Crippen LogP contribution in [0.4, 0.5) is 11.4 Å². The molecule has 0 bridgehead atoms. The third kappa shape index (κ3) is 3.31. The van der Waals surface area contributed by atoms with Gasteiger partial charge in [-0.2, -0.15) is 0 Å². The maximum atomic E-state index is 12.0. The summed E-state index contributed by atoms with van der Waals surface area (Å²) >= 11 is 0. The Morgan fingerprint density at radius 1 is 1.40 bits per heavy atom. The lowest BCUT2D eigenvalue weighted by Gasteiger charge is -2.29. The Morgan fingerprint density at radius 3 is 2.70 bits per heavy atom. The molecule has 0 radical (unpaired) electrons. The summed E-state index contributed by atoms with van der Waals surface area (Å²) in [4.78, 5) is 14.3. The molecule has 0 aliphatic heterocycles. The Kier molecular flexibility index (Phi) is 5.01. The van der Waals surface area contributed by atoms with E-state index in [2.05, 4.69) is 23.3 Å². The molecule has 20 heavy (non-hydrogen) atoms. The number of amides is 1. The fourth-order valence-electron chi connectivity index (χ4n) is 2.79. The minimum Gasteiger partial charge on any atom is -0.370 e. The van der Waals surface area contributed by atoms with Gasteiger partial charge in [0.25, 0.3) is 0 Å². The molecule has 0 spiro atoms. The minimum atomic E-state index is -0.445. The normalized spacial score (nSPS) is 16.9. The Bertz CT molecular complexity index is 455. The number of nitrogens with one attached hydrogen (secondary N) is 1.